The molecule has 0 saturated carbocycles. The fraction of sp³-hybridized carbons (Fsp3) is 0.400. The lowest BCUT2D eigenvalue weighted by molar-refractivity contribution is 0.283. The van der Waals surface area contributed by atoms with Crippen LogP contribution < -0.4 is 4.52 Å². The van der Waals surface area contributed by atoms with E-state index in [-0.39, 0.29) is 21.4 Å². The Bertz CT molecular complexity index is 229. The van der Waals surface area contributed by atoms with Crippen LogP contribution in [0, 0.1) is 5.92 Å². The van der Waals surface area contributed by atoms with Crippen molar-refractivity contribution in [3.63, 3.8) is 0 Å². The van der Waals surface area contributed by atoms with Crippen LogP contribution >= 0.6 is 21.4 Å². The van der Waals surface area contributed by atoms with Gasteiger partial charge in [-0.05, 0) is 18.1 Å². The fourth-order valence-corrected chi connectivity index (χ4v) is 1.46. The molecule has 4 heteroatoms. The zero-order valence-corrected chi connectivity index (χ0v) is 10.2. The maximum Gasteiger partial charge on any atom is 0.215 e. The first-order valence-electron chi connectivity index (χ1n) is 4.37. The van der Waals surface area contributed by atoms with Gasteiger partial charge in [0, 0.05) is 0 Å². The molecule has 1 atom stereocenters. The second-order valence-electron chi connectivity index (χ2n) is 3.20. The highest BCUT2D eigenvalue weighted by Crippen LogP contribution is 2.21. The summed E-state index contributed by atoms with van der Waals surface area (Å²) < 4.78 is 10.7. The van der Waals surface area contributed by atoms with E-state index >= 15 is 0 Å². The number of hydrogen-bond acceptors (Lipinski definition) is 2. The molecule has 1 aromatic rings. The molecule has 0 saturated heterocycles. The van der Waals surface area contributed by atoms with Crippen molar-refractivity contribution in [1.82, 2.24) is 0 Å². The molecule has 0 spiro atoms. The average Bonchev–Trinajstić information content (AvgIpc) is 2.14. The zero-order chi connectivity index (χ0) is 9.52. The largest absolute Gasteiger partial charge is 0.450 e. The third-order valence-corrected chi connectivity index (χ3v) is 1.98. The average molecular weight is 235 g/mol. The quantitative estimate of drug-likeness (QED) is 0.572. The molecule has 14 heavy (non-hydrogen) atoms. The monoisotopic (exact) mass is 234 g/mol. The standard InChI is InChI=1S/C10H15O2P.ClH/c1-9(2)8-11-13-12-10-6-4-3-5-7-10;/h3-7,9,13H,8H2,1-2H3;1H. The lowest BCUT2D eigenvalue weighted by atomic mass is 10.2. The first kappa shape index (κ1) is 13.7. The first-order chi connectivity index (χ1) is 6.29. The van der Waals surface area contributed by atoms with E-state index in [1.165, 1.54) is 0 Å². The van der Waals surface area contributed by atoms with Crippen LogP contribution in [0.3, 0.4) is 0 Å². The molecule has 0 aliphatic carbocycles. The molecule has 0 fully saturated rings. The van der Waals surface area contributed by atoms with Crippen molar-refractivity contribution in [3.8, 4) is 5.75 Å². The number of para-hydroxylation sites is 1. The van der Waals surface area contributed by atoms with Crippen LogP contribution in [0.4, 0.5) is 0 Å². The van der Waals surface area contributed by atoms with Crippen LogP contribution in [-0.2, 0) is 4.52 Å². The van der Waals surface area contributed by atoms with Crippen molar-refractivity contribution < 1.29 is 9.05 Å². The van der Waals surface area contributed by atoms with E-state index in [0.717, 1.165) is 12.4 Å². The summed E-state index contributed by atoms with van der Waals surface area (Å²) in [4.78, 5) is 0. The number of rotatable bonds is 5. The molecule has 0 bridgehead atoms. The van der Waals surface area contributed by atoms with E-state index in [2.05, 4.69) is 13.8 Å². The van der Waals surface area contributed by atoms with Crippen molar-refractivity contribution in [1.29, 1.82) is 0 Å². The maximum absolute atomic E-state index is 5.36. The van der Waals surface area contributed by atoms with Gasteiger partial charge >= 0.3 is 0 Å². The van der Waals surface area contributed by atoms with Crippen molar-refractivity contribution in [2.45, 2.75) is 13.8 Å². The highest BCUT2D eigenvalue weighted by Gasteiger charge is 1.94. The van der Waals surface area contributed by atoms with E-state index in [0.29, 0.717) is 5.92 Å². The Morgan fingerprint density at radius 1 is 1.21 bits per heavy atom. The summed E-state index contributed by atoms with van der Waals surface area (Å²) in [6.45, 7) is 4.99. The van der Waals surface area contributed by atoms with Gasteiger partial charge in [-0.2, -0.15) is 0 Å². The van der Waals surface area contributed by atoms with E-state index in [9.17, 15) is 0 Å². The molecular formula is C10H16ClO2P. The Morgan fingerprint density at radius 3 is 2.43 bits per heavy atom. The summed E-state index contributed by atoms with van der Waals surface area (Å²) in [5.41, 5.74) is 0. The minimum Gasteiger partial charge on any atom is -0.450 e. The molecule has 2 nitrogen and oxygen atoms in total. The van der Waals surface area contributed by atoms with Crippen molar-refractivity contribution in [2.75, 3.05) is 6.61 Å². The van der Waals surface area contributed by atoms with Crippen LogP contribution in [0.1, 0.15) is 13.8 Å². The van der Waals surface area contributed by atoms with Gasteiger partial charge in [0.05, 0.1) is 6.61 Å². The summed E-state index contributed by atoms with van der Waals surface area (Å²) in [7, 11) is 0.102. The molecule has 1 rings (SSSR count). The van der Waals surface area contributed by atoms with Crippen LogP contribution in [0.5, 0.6) is 5.75 Å². The van der Waals surface area contributed by atoms with Crippen LogP contribution in [0.25, 0.3) is 0 Å². The predicted molar refractivity (Wildman–Crippen MR) is 63.4 cm³/mol. The summed E-state index contributed by atoms with van der Waals surface area (Å²) >= 11 is 0. The summed E-state index contributed by atoms with van der Waals surface area (Å²) in [5, 5.41) is 0. The highest BCUT2D eigenvalue weighted by atomic mass is 35.5. The van der Waals surface area contributed by atoms with Crippen LogP contribution in [0.2, 0.25) is 0 Å². The van der Waals surface area contributed by atoms with E-state index < -0.39 is 0 Å². The molecule has 0 radical (unpaired) electrons. The Kier molecular flexibility index (Phi) is 7.87. The van der Waals surface area contributed by atoms with Gasteiger partial charge in [0.1, 0.15) is 5.75 Å². The molecule has 0 aliphatic rings. The smallest absolute Gasteiger partial charge is 0.215 e. The maximum atomic E-state index is 5.36. The first-order valence-corrected chi connectivity index (χ1v) is 5.19. The summed E-state index contributed by atoms with van der Waals surface area (Å²) in [6, 6.07) is 9.70. The van der Waals surface area contributed by atoms with Gasteiger partial charge in [-0.25, -0.2) is 0 Å². The third kappa shape index (κ3) is 6.20. The SMILES string of the molecule is CC(C)COPOc1ccccc1.Cl. The normalized spacial score (nSPS) is 10.5. The Morgan fingerprint density at radius 2 is 1.86 bits per heavy atom. The summed E-state index contributed by atoms with van der Waals surface area (Å²) in [6.07, 6.45) is 0. The van der Waals surface area contributed by atoms with Crippen molar-refractivity contribution in [2.24, 2.45) is 5.92 Å². The van der Waals surface area contributed by atoms with E-state index in [4.69, 9.17) is 9.05 Å². The van der Waals surface area contributed by atoms with Gasteiger partial charge in [0.25, 0.3) is 0 Å². The molecule has 0 amide bonds. The number of halogens is 1. The predicted octanol–water partition coefficient (Wildman–Crippen LogP) is 3.67. The minimum atomic E-state index is 0. The molecule has 0 heterocycles. The van der Waals surface area contributed by atoms with Crippen LogP contribution in [-0.4, -0.2) is 6.61 Å². The van der Waals surface area contributed by atoms with Gasteiger partial charge in [-0.15, -0.1) is 12.4 Å². The lowest BCUT2D eigenvalue weighted by Gasteiger charge is -2.07. The molecular weight excluding hydrogens is 219 g/mol. The van der Waals surface area contributed by atoms with Gasteiger partial charge < -0.3 is 9.05 Å². The lowest BCUT2D eigenvalue weighted by Crippen LogP contribution is -1.96. The van der Waals surface area contributed by atoms with Gasteiger partial charge in [-0.3, -0.25) is 0 Å². The van der Waals surface area contributed by atoms with Crippen molar-refractivity contribution >= 4 is 21.4 Å². The molecule has 0 aromatic heterocycles. The van der Waals surface area contributed by atoms with Crippen LogP contribution in [0.15, 0.2) is 30.3 Å². The Hall–Kier alpha value is -0.300. The van der Waals surface area contributed by atoms with Gasteiger partial charge in [0.2, 0.25) is 9.03 Å². The molecule has 1 unspecified atom stereocenters. The second kappa shape index (κ2) is 8.05. The van der Waals surface area contributed by atoms with Gasteiger partial charge in [-0.1, -0.05) is 32.0 Å². The third-order valence-electron chi connectivity index (χ3n) is 1.38. The molecule has 0 aliphatic heterocycles. The van der Waals surface area contributed by atoms with E-state index in [1.807, 2.05) is 30.3 Å². The molecule has 0 N–H and O–H groups in total. The minimum absolute atomic E-state index is 0. The molecule has 1 aromatic carbocycles. The summed E-state index contributed by atoms with van der Waals surface area (Å²) in [5.74, 6) is 1.43. The van der Waals surface area contributed by atoms with Gasteiger partial charge in [0.15, 0.2) is 0 Å². The zero-order valence-electron chi connectivity index (χ0n) is 8.40. The number of hydrogen-bond donors (Lipinski definition) is 0. The fourth-order valence-electron chi connectivity index (χ4n) is 0.767. The van der Waals surface area contributed by atoms with E-state index in [1.54, 1.807) is 0 Å². The number of benzene rings is 1. The topological polar surface area (TPSA) is 18.5 Å². The Labute approximate surface area is 93.4 Å². The molecule has 80 valence electrons. The highest BCUT2D eigenvalue weighted by molar-refractivity contribution is 7.26. The second-order valence-corrected chi connectivity index (χ2v) is 3.86. The van der Waals surface area contributed by atoms with Crippen molar-refractivity contribution in [3.05, 3.63) is 30.3 Å². The Balaban J connectivity index is 0.00000169.